The number of nitrogens with zero attached hydrogens (tertiary/aromatic N) is 1. The van der Waals surface area contributed by atoms with Gasteiger partial charge in [0, 0.05) is 11.5 Å². The summed E-state index contributed by atoms with van der Waals surface area (Å²) in [5.41, 5.74) is 1.10. The minimum atomic E-state index is -3.85. The van der Waals surface area contributed by atoms with Crippen molar-refractivity contribution in [1.29, 1.82) is 0 Å². The minimum Gasteiger partial charge on any atom is -0.454 e. The molecule has 2 aromatic rings. The lowest BCUT2D eigenvalue weighted by Crippen LogP contribution is -2.35. The van der Waals surface area contributed by atoms with Gasteiger partial charge in [0.05, 0.1) is 16.1 Å². The predicted octanol–water partition coefficient (Wildman–Crippen LogP) is 3.60. The molecule has 0 bridgehead atoms. The van der Waals surface area contributed by atoms with Gasteiger partial charge in [0.15, 0.2) is 12.4 Å². The number of Topliss-reactive ketones (excluding diaryl/α,β-unsaturated/α-hetero) is 1. The number of benzene rings is 2. The second-order valence-electron chi connectivity index (χ2n) is 8.26. The molecule has 6 nitrogen and oxygen atoms in total. The molecule has 1 aliphatic rings. The van der Waals surface area contributed by atoms with Crippen LogP contribution in [0, 0.1) is 5.41 Å². The van der Waals surface area contributed by atoms with Crippen LogP contribution in [0.1, 0.15) is 43.6 Å². The second kappa shape index (κ2) is 7.63. The van der Waals surface area contributed by atoms with Gasteiger partial charge < -0.3 is 4.74 Å². The van der Waals surface area contributed by atoms with Crippen LogP contribution in [0.15, 0.2) is 53.4 Å². The van der Waals surface area contributed by atoms with Crippen LogP contribution in [0.4, 0.5) is 5.69 Å². The van der Waals surface area contributed by atoms with Crippen molar-refractivity contribution in [2.75, 3.05) is 10.9 Å². The van der Waals surface area contributed by atoms with Gasteiger partial charge in [0.25, 0.3) is 10.0 Å². The Bertz CT molecular complexity index is 1050. The van der Waals surface area contributed by atoms with Crippen molar-refractivity contribution in [1.82, 2.24) is 0 Å². The van der Waals surface area contributed by atoms with E-state index in [-0.39, 0.29) is 28.9 Å². The first-order chi connectivity index (χ1) is 13.5. The van der Waals surface area contributed by atoms with Crippen LogP contribution < -0.4 is 4.31 Å². The molecule has 1 heterocycles. The van der Waals surface area contributed by atoms with Gasteiger partial charge >= 0.3 is 5.97 Å². The molecule has 1 aliphatic heterocycles. The maximum atomic E-state index is 13.3. The summed E-state index contributed by atoms with van der Waals surface area (Å²) in [6.45, 7) is 6.73. The number of carbonyl (C=O) groups is 2. The van der Waals surface area contributed by atoms with Crippen molar-refractivity contribution < 1.29 is 22.7 Å². The smallest absolute Gasteiger partial charge is 0.338 e. The maximum absolute atomic E-state index is 13.3. The number of ketones is 1. The van der Waals surface area contributed by atoms with Gasteiger partial charge in [-0.3, -0.25) is 9.10 Å². The summed E-state index contributed by atoms with van der Waals surface area (Å²) in [6.07, 6.45) is 0.631. The molecule has 29 heavy (non-hydrogen) atoms. The van der Waals surface area contributed by atoms with Gasteiger partial charge in [0.1, 0.15) is 0 Å². The summed E-state index contributed by atoms with van der Waals surface area (Å²) in [5, 5.41) is 0. The summed E-state index contributed by atoms with van der Waals surface area (Å²) >= 11 is 0. The molecule has 0 radical (unpaired) electrons. The number of sulfonamides is 1. The van der Waals surface area contributed by atoms with Crippen molar-refractivity contribution in [3.05, 3.63) is 59.7 Å². The van der Waals surface area contributed by atoms with Crippen molar-refractivity contribution in [2.24, 2.45) is 5.41 Å². The number of hydrogen-bond acceptors (Lipinski definition) is 5. The molecule has 1 atom stereocenters. The molecule has 0 spiro atoms. The third-order valence-corrected chi connectivity index (χ3v) is 6.87. The van der Waals surface area contributed by atoms with Crippen molar-refractivity contribution in [2.45, 2.75) is 45.1 Å². The Labute approximate surface area is 171 Å². The van der Waals surface area contributed by atoms with E-state index < -0.39 is 21.4 Å². The number of hydrogen-bond donors (Lipinski definition) is 0. The monoisotopic (exact) mass is 415 g/mol. The Morgan fingerprint density at radius 2 is 1.79 bits per heavy atom. The van der Waals surface area contributed by atoms with E-state index in [9.17, 15) is 18.0 Å². The number of esters is 1. The van der Waals surface area contributed by atoms with Crippen molar-refractivity contribution >= 4 is 27.5 Å². The fraction of sp³-hybridized carbons (Fsp3) is 0.364. The first kappa shape index (κ1) is 21.0. The lowest BCUT2D eigenvalue weighted by atomic mass is 9.91. The zero-order chi connectivity index (χ0) is 21.4. The zero-order valence-corrected chi connectivity index (χ0v) is 17.8. The van der Waals surface area contributed by atoms with Crippen LogP contribution in [0.5, 0.6) is 0 Å². The third kappa shape index (κ3) is 4.19. The molecule has 0 fully saturated rings. The SMILES string of the molecule is C[C@H]1Cc2ccccc2N1S(=O)(=O)c1cccc(C(=O)OCC(=O)C(C)(C)C)c1. The van der Waals surface area contributed by atoms with Gasteiger partial charge in [0.2, 0.25) is 0 Å². The molecular weight excluding hydrogens is 390 g/mol. The molecule has 0 aliphatic carbocycles. The van der Waals surface area contributed by atoms with Gasteiger partial charge in [-0.15, -0.1) is 0 Å². The highest BCUT2D eigenvalue weighted by Gasteiger charge is 2.36. The van der Waals surface area contributed by atoms with Gasteiger partial charge in [-0.05, 0) is 43.2 Å². The Hall–Kier alpha value is -2.67. The summed E-state index contributed by atoms with van der Waals surface area (Å²) < 4.78 is 33.1. The fourth-order valence-corrected chi connectivity index (χ4v) is 4.97. The number of ether oxygens (including phenoxy) is 1. The number of carbonyl (C=O) groups excluding carboxylic acids is 2. The Balaban J connectivity index is 1.85. The normalized spacial score (nSPS) is 16.4. The van der Waals surface area contributed by atoms with Crippen molar-refractivity contribution in [3.63, 3.8) is 0 Å². The molecule has 154 valence electrons. The number of rotatable bonds is 5. The highest BCUT2D eigenvalue weighted by atomic mass is 32.2. The molecule has 0 unspecified atom stereocenters. The highest BCUT2D eigenvalue weighted by Crippen LogP contribution is 2.36. The van der Waals surface area contributed by atoms with Gasteiger partial charge in [-0.25, -0.2) is 13.2 Å². The zero-order valence-electron chi connectivity index (χ0n) is 17.0. The average Bonchev–Trinajstić information content (AvgIpc) is 3.01. The summed E-state index contributed by atoms with van der Waals surface area (Å²) in [6, 6.07) is 12.9. The van der Waals surface area contributed by atoms with Crippen LogP contribution in [0.3, 0.4) is 0 Å². The Morgan fingerprint density at radius 1 is 1.10 bits per heavy atom. The van der Waals surface area contributed by atoms with E-state index in [0.29, 0.717) is 12.1 Å². The topological polar surface area (TPSA) is 80.8 Å². The van der Waals surface area contributed by atoms with E-state index in [2.05, 4.69) is 0 Å². The standard InChI is InChI=1S/C22H25NO5S/c1-15-12-16-8-5-6-11-19(16)23(15)29(26,27)18-10-7-9-17(13-18)21(25)28-14-20(24)22(2,3)4/h5-11,13,15H,12,14H2,1-4H3/t15-/m0/s1. The maximum Gasteiger partial charge on any atom is 0.338 e. The summed E-state index contributed by atoms with van der Waals surface area (Å²) in [7, 11) is -3.85. The van der Waals surface area contributed by atoms with Gasteiger partial charge in [-0.1, -0.05) is 45.0 Å². The van der Waals surface area contributed by atoms with E-state index in [1.54, 1.807) is 32.9 Å². The van der Waals surface area contributed by atoms with E-state index in [1.165, 1.54) is 28.6 Å². The first-order valence-corrected chi connectivity index (χ1v) is 10.9. The molecular formula is C22H25NO5S. The molecule has 0 amide bonds. The van der Waals surface area contributed by atoms with Crippen LogP contribution >= 0.6 is 0 Å². The van der Waals surface area contributed by atoms with Crippen LogP contribution in [0.25, 0.3) is 0 Å². The molecule has 7 heteroatoms. The highest BCUT2D eigenvalue weighted by molar-refractivity contribution is 7.92. The summed E-state index contributed by atoms with van der Waals surface area (Å²) in [5.74, 6) is -0.938. The predicted molar refractivity (Wildman–Crippen MR) is 110 cm³/mol. The largest absolute Gasteiger partial charge is 0.454 e. The average molecular weight is 416 g/mol. The number of anilines is 1. The molecule has 0 N–H and O–H groups in total. The quantitative estimate of drug-likeness (QED) is 0.697. The second-order valence-corrected chi connectivity index (χ2v) is 10.1. The molecule has 3 rings (SSSR count). The van der Waals surface area contributed by atoms with E-state index >= 15 is 0 Å². The van der Waals surface area contributed by atoms with Gasteiger partial charge in [-0.2, -0.15) is 0 Å². The van der Waals surface area contributed by atoms with E-state index in [1.807, 2.05) is 19.1 Å². The van der Waals surface area contributed by atoms with Crippen LogP contribution in [-0.2, 0) is 26.0 Å². The molecule has 0 aromatic heterocycles. The lowest BCUT2D eigenvalue weighted by Gasteiger charge is -2.24. The third-order valence-electron chi connectivity index (χ3n) is 4.94. The van der Waals surface area contributed by atoms with Crippen LogP contribution in [0.2, 0.25) is 0 Å². The van der Waals surface area contributed by atoms with Crippen molar-refractivity contribution in [3.8, 4) is 0 Å². The first-order valence-electron chi connectivity index (χ1n) is 9.44. The molecule has 2 aromatic carbocycles. The Kier molecular flexibility index (Phi) is 5.54. The fourth-order valence-electron chi connectivity index (χ4n) is 3.23. The molecule has 0 saturated carbocycles. The summed E-state index contributed by atoms with van der Waals surface area (Å²) in [4.78, 5) is 24.3. The lowest BCUT2D eigenvalue weighted by molar-refractivity contribution is -0.129. The van der Waals surface area contributed by atoms with E-state index in [0.717, 1.165) is 5.56 Å². The number of fused-ring (bicyclic) bond motifs is 1. The van der Waals surface area contributed by atoms with E-state index in [4.69, 9.17) is 4.74 Å². The minimum absolute atomic E-state index is 0.0117. The molecule has 0 saturated heterocycles. The Morgan fingerprint density at radius 3 is 2.48 bits per heavy atom. The number of para-hydroxylation sites is 1. The van der Waals surface area contributed by atoms with Crippen LogP contribution in [-0.4, -0.2) is 32.8 Å².